The molecule has 1 aliphatic heterocycles. The Morgan fingerprint density at radius 2 is 2.13 bits per heavy atom. The smallest absolute Gasteiger partial charge is 0.334 e. The highest BCUT2D eigenvalue weighted by atomic mass is 16.6. The Bertz CT molecular complexity index is 292. The van der Waals surface area contributed by atoms with E-state index in [1.54, 1.807) is 6.92 Å². The van der Waals surface area contributed by atoms with Crippen molar-refractivity contribution < 1.29 is 14.3 Å². The lowest BCUT2D eigenvalue weighted by atomic mass is 10.00. The van der Waals surface area contributed by atoms with Gasteiger partial charge in [0.05, 0.1) is 13.2 Å². The standard InChI is InChI=1S/C12H18O3/c1-9(2)7-12(5-6-14-8-12)15-11(13)10(3)4/h7H,3,5-6,8H2,1-2,4H3. The fourth-order valence-electron chi connectivity index (χ4n) is 1.58. The van der Waals surface area contributed by atoms with Gasteiger partial charge in [0, 0.05) is 12.0 Å². The average molecular weight is 210 g/mol. The van der Waals surface area contributed by atoms with Crippen LogP contribution in [-0.2, 0) is 14.3 Å². The van der Waals surface area contributed by atoms with Crippen molar-refractivity contribution in [2.24, 2.45) is 0 Å². The molecule has 0 aliphatic carbocycles. The van der Waals surface area contributed by atoms with Crippen LogP contribution in [0.1, 0.15) is 27.2 Å². The van der Waals surface area contributed by atoms with Gasteiger partial charge in [-0.05, 0) is 26.8 Å². The third kappa shape index (κ3) is 3.20. The average Bonchev–Trinajstić information content (AvgIpc) is 2.51. The minimum Gasteiger partial charge on any atom is -0.449 e. The molecule has 1 atom stereocenters. The number of allylic oxidation sites excluding steroid dienone is 1. The van der Waals surface area contributed by atoms with Crippen molar-refractivity contribution in [2.45, 2.75) is 32.8 Å². The van der Waals surface area contributed by atoms with Crippen molar-refractivity contribution in [2.75, 3.05) is 13.2 Å². The van der Waals surface area contributed by atoms with Crippen LogP contribution in [0.15, 0.2) is 23.8 Å². The van der Waals surface area contributed by atoms with E-state index in [1.165, 1.54) is 0 Å². The van der Waals surface area contributed by atoms with Gasteiger partial charge in [0.25, 0.3) is 0 Å². The Balaban J connectivity index is 2.79. The topological polar surface area (TPSA) is 35.5 Å². The highest BCUT2D eigenvalue weighted by Gasteiger charge is 2.36. The molecule has 1 saturated heterocycles. The van der Waals surface area contributed by atoms with Gasteiger partial charge < -0.3 is 9.47 Å². The van der Waals surface area contributed by atoms with Gasteiger partial charge in [0.2, 0.25) is 0 Å². The monoisotopic (exact) mass is 210 g/mol. The molecule has 0 bridgehead atoms. The van der Waals surface area contributed by atoms with E-state index in [2.05, 4.69) is 6.58 Å². The van der Waals surface area contributed by atoms with Crippen LogP contribution >= 0.6 is 0 Å². The van der Waals surface area contributed by atoms with E-state index in [-0.39, 0.29) is 5.97 Å². The predicted molar refractivity (Wildman–Crippen MR) is 58.5 cm³/mol. The van der Waals surface area contributed by atoms with Crippen LogP contribution in [0, 0.1) is 0 Å². The lowest BCUT2D eigenvalue weighted by molar-refractivity contribution is -0.150. The number of carbonyl (C=O) groups excluding carboxylic acids is 1. The lowest BCUT2D eigenvalue weighted by Gasteiger charge is -2.24. The highest BCUT2D eigenvalue weighted by Crippen LogP contribution is 2.27. The third-order valence-corrected chi connectivity index (χ3v) is 2.21. The van der Waals surface area contributed by atoms with Gasteiger partial charge in [-0.1, -0.05) is 12.2 Å². The van der Waals surface area contributed by atoms with Crippen molar-refractivity contribution in [3.8, 4) is 0 Å². The first-order chi connectivity index (χ1) is 6.95. The Hall–Kier alpha value is -1.09. The molecule has 1 fully saturated rings. The summed E-state index contributed by atoms with van der Waals surface area (Å²) in [5.41, 5.74) is 0.966. The summed E-state index contributed by atoms with van der Waals surface area (Å²) < 4.78 is 10.7. The molecule has 1 rings (SSSR count). The summed E-state index contributed by atoms with van der Waals surface area (Å²) in [6.07, 6.45) is 2.68. The number of hydrogen-bond acceptors (Lipinski definition) is 3. The van der Waals surface area contributed by atoms with Gasteiger partial charge in [-0.3, -0.25) is 0 Å². The summed E-state index contributed by atoms with van der Waals surface area (Å²) in [5.74, 6) is -0.349. The molecule has 3 nitrogen and oxygen atoms in total. The minimum absolute atomic E-state index is 0.349. The number of carbonyl (C=O) groups is 1. The second kappa shape index (κ2) is 4.62. The van der Waals surface area contributed by atoms with E-state index in [1.807, 2.05) is 19.9 Å². The van der Waals surface area contributed by atoms with E-state index in [4.69, 9.17) is 9.47 Å². The maximum absolute atomic E-state index is 11.5. The summed E-state index contributed by atoms with van der Waals surface area (Å²) in [4.78, 5) is 11.5. The molecule has 0 aromatic heterocycles. The number of hydrogen-bond donors (Lipinski definition) is 0. The van der Waals surface area contributed by atoms with Crippen LogP contribution in [0.5, 0.6) is 0 Å². The van der Waals surface area contributed by atoms with Gasteiger partial charge in [-0.25, -0.2) is 4.79 Å². The molecule has 0 amide bonds. The molecule has 0 spiro atoms. The first-order valence-corrected chi connectivity index (χ1v) is 5.08. The molecule has 0 radical (unpaired) electrons. The van der Waals surface area contributed by atoms with Crippen molar-refractivity contribution in [1.82, 2.24) is 0 Å². The van der Waals surface area contributed by atoms with Crippen molar-refractivity contribution in [1.29, 1.82) is 0 Å². The first-order valence-electron chi connectivity index (χ1n) is 5.08. The molecule has 0 N–H and O–H groups in total. The van der Waals surface area contributed by atoms with E-state index in [0.29, 0.717) is 18.8 Å². The van der Waals surface area contributed by atoms with E-state index in [0.717, 1.165) is 12.0 Å². The SMILES string of the molecule is C=C(C)C(=O)OC1(C=C(C)C)CCOC1. The summed E-state index contributed by atoms with van der Waals surface area (Å²) in [6.45, 7) is 10.3. The van der Waals surface area contributed by atoms with E-state index < -0.39 is 5.60 Å². The number of rotatable bonds is 3. The van der Waals surface area contributed by atoms with Gasteiger partial charge in [-0.2, -0.15) is 0 Å². The summed E-state index contributed by atoms with van der Waals surface area (Å²) in [7, 11) is 0. The molecule has 84 valence electrons. The van der Waals surface area contributed by atoms with E-state index in [9.17, 15) is 4.79 Å². The van der Waals surface area contributed by atoms with Crippen LogP contribution in [0.2, 0.25) is 0 Å². The summed E-state index contributed by atoms with van der Waals surface area (Å²) in [6, 6.07) is 0. The summed E-state index contributed by atoms with van der Waals surface area (Å²) >= 11 is 0. The fourth-order valence-corrected chi connectivity index (χ4v) is 1.58. The lowest BCUT2D eigenvalue weighted by Crippen LogP contribution is -2.34. The third-order valence-electron chi connectivity index (χ3n) is 2.21. The van der Waals surface area contributed by atoms with E-state index >= 15 is 0 Å². The highest BCUT2D eigenvalue weighted by molar-refractivity contribution is 5.87. The minimum atomic E-state index is -0.575. The molecule has 3 heteroatoms. The maximum atomic E-state index is 11.5. The Kier molecular flexibility index (Phi) is 3.69. The van der Waals surface area contributed by atoms with Crippen molar-refractivity contribution >= 4 is 5.97 Å². The molecular formula is C12H18O3. The molecule has 1 unspecified atom stereocenters. The molecular weight excluding hydrogens is 192 g/mol. The molecule has 15 heavy (non-hydrogen) atoms. The molecule has 0 aromatic carbocycles. The Labute approximate surface area is 90.8 Å². The number of esters is 1. The second-order valence-corrected chi connectivity index (χ2v) is 4.26. The van der Waals surface area contributed by atoms with Gasteiger partial charge >= 0.3 is 5.97 Å². The maximum Gasteiger partial charge on any atom is 0.334 e. The Morgan fingerprint density at radius 3 is 2.53 bits per heavy atom. The zero-order valence-electron chi connectivity index (χ0n) is 9.63. The molecule has 0 aromatic rings. The second-order valence-electron chi connectivity index (χ2n) is 4.26. The van der Waals surface area contributed by atoms with Crippen molar-refractivity contribution in [3.63, 3.8) is 0 Å². The first kappa shape index (κ1) is 12.0. The zero-order chi connectivity index (χ0) is 11.5. The van der Waals surface area contributed by atoms with Gasteiger partial charge in [-0.15, -0.1) is 0 Å². The van der Waals surface area contributed by atoms with Crippen LogP contribution in [0.3, 0.4) is 0 Å². The molecule has 0 saturated carbocycles. The quantitative estimate of drug-likeness (QED) is 0.407. The Morgan fingerprint density at radius 1 is 1.47 bits per heavy atom. The zero-order valence-corrected chi connectivity index (χ0v) is 9.63. The number of ether oxygens (including phenoxy) is 2. The van der Waals surface area contributed by atoms with Gasteiger partial charge in [0.15, 0.2) is 5.60 Å². The fraction of sp³-hybridized carbons (Fsp3) is 0.583. The van der Waals surface area contributed by atoms with Crippen LogP contribution in [0.25, 0.3) is 0 Å². The van der Waals surface area contributed by atoms with Gasteiger partial charge in [0.1, 0.15) is 0 Å². The van der Waals surface area contributed by atoms with Crippen LogP contribution in [-0.4, -0.2) is 24.8 Å². The van der Waals surface area contributed by atoms with Crippen LogP contribution < -0.4 is 0 Å². The normalized spacial score (nSPS) is 24.7. The molecule has 1 heterocycles. The predicted octanol–water partition coefficient (Wildman–Crippen LogP) is 2.23. The van der Waals surface area contributed by atoms with Crippen LogP contribution in [0.4, 0.5) is 0 Å². The largest absolute Gasteiger partial charge is 0.449 e. The van der Waals surface area contributed by atoms with Crippen molar-refractivity contribution in [3.05, 3.63) is 23.8 Å². The molecule has 1 aliphatic rings. The summed E-state index contributed by atoms with van der Waals surface area (Å²) in [5, 5.41) is 0.